The quantitative estimate of drug-likeness (QED) is 0.330. The summed E-state index contributed by atoms with van der Waals surface area (Å²) in [6.45, 7) is 1.94. The molecule has 0 unspecified atom stereocenters. The maximum absolute atomic E-state index is 11.1. The standard InChI is InChI=1S/C15H13N5O3S/c1-2-14-17-18-15(24)19(14)16-9-10-7-8-13(23-10)11-5-3-4-6-12(11)20(21)22/h3-9H,2H2,1H3,(H,18,24)/b16-9-. The van der Waals surface area contributed by atoms with Crippen molar-refractivity contribution in [2.75, 3.05) is 0 Å². The molecule has 1 N–H and O–H groups in total. The maximum atomic E-state index is 11.1. The second-order valence-electron chi connectivity index (χ2n) is 4.83. The monoisotopic (exact) mass is 343 g/mol. The molecule has 122 valence electrons. The van der Waals surface area contributed by atoms with Crippen molar-refractivity contribution in [1.29, 1.82) is 0 Å². The first kappa shape index (κ1) is 15.8. The molecular formula is C15H13N5O3S. The summed E-state index contributed by atoms with van der Waals surface area (Å²) < 4.78 is 7.53. The number of nitrogens with one attached hydrogen (secondary N) is 1. The number of furan rings is 1. The van der Waals surface area contributed by atoms with Gasteiger partial charge in [-0.2, -0.15) is 14.9 Å². The largest absolute Gasteiger partial charge is 0.455 e. The van der Waals surface area contributed by atoms with Crippen LogP contribution in [0.3, 0.4) is 0 Å². The van der Waals surface area contributed by atoms with Crippen LogP contribution in [0.2, 0.25) is 0 Å². The van der Waals surface area contributed by atoms with Gasteiger partial charge in [-0.1, -0.05) is 19.1 Å². The first-order valence-corrected chi connectivity index (χ1v) is 7.55. The zero-order valence-corrected chi connectivity index (χ0v) is 13.5. The van der Waals surface area contributed by atoms with E-state index in [-0.39, 0.29) is 5.69 Å². The summed E-state index contributed by atoms with van der Waals surface area (Å²) in [5, 5.41) is 22.1. The molecule has 0 atom stereocenters. The average molecular weight is 343 g/mol. The van der Waals surface area contributed by atoms with Gasteiger partial charge in [0.15, 0.2) is 5.82 Å². The third-order valence-corrected chi connectivity index (χ3v) is 3.59. The Kier molecular flexibility index (Phi) is 4.34. The highest BCUT2D eigenvalue weighted by atomic mass is 32.1. The minimum absolute atomic E-state index is 0.0133. The molecule has 8 nitrogen and oxygen atoms in total. The van der Waals surface area contributed by atoms with Crippen molar-refractivity contribution in [1.82, 2.24) is 14.9 Å². The number of hydrogen-bond donors (Lipinski definition) is 1. The van der Waals surface area contributed by atoms with E-state index >= 15 is 0 Å². The van der Waals surface area contributed by atoms with Crippen molar-refractivity contribution in [2.24, 2.45) is 5.10 Å². The van der Waals surface area contributed by atoms with Gasteiger partial charge in [0.2, 0.25) is 4.77 Å². The SMILES string of the molecule is CCc1n[nH]c(=S)n1/N=C\c1ccc(-c2ccccc2[N+](=O)[O-])o1. The van der Waals surface area contributed by atoms with E-state index in [1.165, 1.54) is 17.0 Å². The lowest BCUT2D eigenvalue weighted by Crippen LogP contribution is -1.96. The van der Waals surface area contributed by atoms with Gasteiger partial charge >= 0.3 is 0 Å². The number of para-hydroxylation sites is 1. The number of aromatic nitrogens is 3. The molecule has 0 saturated carbocycles. The number of nitro benzene ring substituents is 1. The van der Waals surface area contributed by atoms with Crippen molar-refractivity contribution < 1.29 is 9.34 Å². The summed E-state index contributed by atoms with van der Waals surface area (Å²) in [7, 11) is 0. The van der Waals surface area contributed by atoms with Gasteiger partial charge in [-0.25, -0.2) is 0 Å². The lowest BCUT2D eigenvalue weighted by atomic mass is 10.1. The molecule has 1 aromatic carbocycles. The number of benzene rings is 1. The number of hydrogen-bond acceptors (Lipinski definition) is 6. The molecule has 9 heteroatoms. The van der Waals surface area contributed by atoms with Crippen molar-refractivity contribution >= 4 is 24.1 Å². The maximum Gasteiger partial charge on any atom is 0.280 e. The predicted molar refractivity (Wildman–Crippen MR) is 90.6 cm³/mol. The van der Waals surface area contributed by atoms with Gasteiger partial charge in [-0.15, -0.1) is 0 Å². The summed E-state index contributed by atoms with van der Waals surface area (Å²) >= 11 is 5.11. The van der Waals surface area contributed by atoms with Crippen LogP contribution in [0.25, 0.3) is 11.3 Å². The van der Waals surface area contributed by atoms with E-state index in [2.05, 4.69) is 15.3 Å². The van der Waals surface area contributed by atoms with Crippen LogP contribution in [0.4, 0.5) is 5.69 Å². The number of aryl methyl sites for hydroxylation is 1. The fourth-order valence-corrected chi connectivity index (χ4v) is 2.39. The molecule has 0 aliphatic heterocycles. The smallest absolute Gasteiger partial charge is 0.280 e. The molecule has 0 amide bonds. The zero-order valence-electron chi connectivity index (χ0n) is 12.7. The van der Waals surface area contributed by atoms with Crippen molar-refractivity contribution in [3.05, 3.63) is 62.9 Å². The molecule has 0 fully saturated rings. The summed E-state index contributed by atoms with van der Waals surface area (Å²) in [6.07, 6.45) is 2.16. The Morgan fingerprint density at radius 1 is 1.42 bits per heavy atom. The number of aromatic amines is 1. The van der Waals surface area contributed by atoms with Gasteiger partial charge in [0, 0.05) is 12.5 Å². The molecule has 2 heterocycles. The Bertz CT molecular complexity index is 969. The average Bonchev–Trinajstić information content (AvgIpc) is 3.19. The van der Waals surface area contributed by atoms with Gasteiger partial charge < -0.3 is 4.42 Å². The number of nitrogens with zero attached hydrogens (tertiary/aromatic N) is 4. The first-order valence-electron chi connectivity index (χ1n) is 7.14. The van der Waals surface area contributed by atoms with Crippen molar-refractivity contribution in [2.45, 2.75) is 13.3 Å². The molecule has 0 radical (unpaired) electrons. The fourth-order valence-electron chi connectivity index (χ4n) is 2.20. The third kappa shape index (κ3) is 3.01. The molecule has 0 spiro atoms. The fraction of sp³-hybridized carbons (Fsp3) is 0.133. The molecule has 3 rings (SSSR count). The molecule has 0 aliphatic carbocycles. The van der Waals surface area contributed by atoms with E-state index in [0.717, 1.165) is 0 Å². The highest BCUT2D eigenvalue weighted by Crippen LogP contribution is 2.30. The predicted octanol–water partition coefficient (Wildman–Crippen LogP) is 3.55. The minimum Gasteiger partial charge on any atom is -0.455 e. The number of nitro groups is 1. The van der Waals surface area contributed by atoms with Crippen LogP contribution in [0.1, 0.15) is 18.5 Å². The molecule has 2 aromatic heterocycles. The summed E-state index contributed by atoms with van der Waals surface area (Å²) in [4.78, 5) is 10.7. The van der Waals surface area contributed by atoms with E-state index in [1.54, 1.807) is 30.3 Å². The Labute approximate surface area is 141 Å². The van der Waals surface area contributed by atoms with Crippen LogP contribution in [0.5, 0.6) is 0 Å². The van der Waals surface area contributed by atoms with E-state index in [0.29, 0.717) is 34.1 Å². The van der Waals surface area contributed by atoms with Gasteiger partial charge in [0.1, 0.15) is 11.5 Å². The lowest BCUT2D eigenvalue weighted by Gasteiger charge is -1.98. The van der Waals surface area contributed by atoms with Crippen LogP contribution in [0.15, 0.2) is 45.9 Å². The van der Waals surface area contributed by atoms with Crippen molar-refractivity contribution in [3.8, 4) is 11.3 Å². The third-order valence-electron chi connectivity index (χ3n) is 3.33. The number of rotatable bonds is 5. The van der Waals surface area contributed by atoms with E-state index in [9.17, 15) is 10.1 Å². The second-order valence-corrected chi connectivity index (χ2v) is 5.22. The van der Waals surface area contributed by atoms with Crippen LogP contribution >= 0.6 is 12.2 Å². The Balaban J connectivity index is 1.92. The van der Waals surface area contributed by atoms with E-state index in [4.69, 9.17) is 16.6 Å². The van der Waals surface area contributed by atoms with Crippen molar-refractivity contribution in [3.63, 3.8) is 0 Å². The zero-order chi connectivity index (χ0) is 17.1. The van der Waals surface area contributed by atoms with E-state index in [1.807, 2.05) is 6.92 Å². The Morgan fingerprint density at radius 3 is 2.96 bits per heavy atom. The highest BCUT2D eigenvalue weighted by molar-refractivity contribution is 7.71. The van der Waals surface area contributed by atoms with Crippen LogP contribution in [-0.4, -0.2) is 26.0 Å². The van der Waals surface area contributed by atoms with E-state index < -0.39 is 4.92 Å². The Morgan fingerprint density at radius 2 is 2.21 bits per heavy atom. The van der Waals surface area contributed by atoms with Gasteiger partial charge in [0.25, 0.3) is 5.69 Å². The summed E-state index contributed by atoms with van der Waals surface area (Å²) in [5.41, 5.74) is 0.400. The molecule has 24 heavy (non-hydrogen) atoms. The van der Waals surface area contributed by atoms with Crippen LogP contribution in [0, 0.1) is 14.9 Å². The molecular weight excluding hydrogens is 330 g/mol. The molecule has 0 bridgehead atoms. The Hall–Kier alpha value is -3.07. The van der Waals surface area contributed by atoms with Crippen LogP contribution < -0.4 is 0 Å². The molecule has 3 aromatic rings. The van der Waals surface area contributed by atoms with Gasteiger partial charge in [-0.05, 0) is 30.4 Å². The minimum atomic E-state index is -0.441. The van der Waals surface area contributed by atoms with Gasteiger partial charge in [-0.3, -0.25) is 15.2 Å². The summed E-state index contributed by atoms with van der Waals surface area (Å²) in [5.74, 6) is 1.55. The topological polar surface area (TPSA) is 102 Å². The second kappa shape index (κ2) is 6.59. The van der Waals surface area contributed by atoms with Crippen LogP contribution in [-0.2, 0) is 6.42 Å². The normalized spacial score (nSPS) is 11.2. The number of H-pyrrole nitrogens is 1. The molecule has 0 aliphatic rings. The summed E-state index contributed by atoms with van der Waals surface area (Å²) in [6, 6.07) is 9.75. The lowest BCUT2D eigenvalue weighted by molar-refractivity contribution is -0.384. The van der Waals surface area contributed by atoms with Gasteiger partial charge in [0.05, 0.1) is 16.7 Å². The molecule has 0 saturated heterocycles. The first-order chi connectivity index (χ1) is 11.6. The highest BCUT2D eigenvalue weighted by Gasteiger charge is 2.16.